The van der Waals surface area contributed by atoms with Gasteiger partial charge in [0.2, 0.25) is 0 Å². The predicted octanol–water partition coefficient (Wildman–Crippen LogP) is 4.19. The summed E-state index contributed by atoms with van der Waals surface area (Å²) in [4.78, 5) is 2.11. The van der Waals surface area contributed by atoms with E-state index in [2.05, 4.69) is 37.8 Å². The van der Waals surface area contributed by atoms with Crippen molar-refractivity contribution in [2.45, 2.75) is 29.4 Å². The molecule has 0 fully saturated rings. The molecular weight excluding hydrogens is 272 g/mol. The van der Waals surface area contributed by atoms with Crippen molar-refractivity contribution in [3.05, 3.63) is 36.4 Å². The summed E-state index contributed by atoms with van der Waals surface area (Å²) in [5, 5.41) is 11.2. The van der Waals surface area contributed by atoms with Crippen molar-refractivity contribution in [3.63, 3.8) is 0 Å². The van der Waals surface area contributed by atoms with Crippen molar-refractivity contribution in [2.75, 3.05) is 0 Å². The second-order valence-electron chi connectivity index (χ2n) is 5.69. The molecule has 0 atom stereocenters. The van der Waals surface area contributed by atoms with Crippen LogP contribution in [0.3, 0.4) is 0 Å². The molecule has 98 valence electrons. The number of phenolic OH excluding ortho intramolecular Hbond substituents is 1. The first kappa shape index (κ1) is 12.6. The van der Waals surface area contributed by atoms with Gasteiger partial charge in [-0.15, -0.1) is 0 Å². The minimum Gasteiger partial charge on any atom is -0.504 e. The van der Waals surface area contributed by atoms with Crippen LogP contribution in [0.5, 0.6) is 17.2 Å². The van der Waals surface area contributed by atoms with Crippen LogP contribution in [0.4, 0.5) is 0 Å². The second kappa shape index (κ2) is 4.32. The normalized spacial score (nSPS) is 13.4. The van der Waals surface area contributed by atoms with Crippen LogP contribution in [0.1, 0.15) is 0 Å². The Morgan fingerprint density at radius 1 is 0.947 bits per heavy atom. The van der Waals surface area contributed by atoms with E-state index in [0.717, 1.165) is 15.5 Å². The minimum absolute atomic E-state index is 0.209. The van der Waals surface area contributed by atoms with Crippen LogP contribution in [0, 0.1) is 0 Å². The van der Waals surface area contributed by atoms with Crippen molar-refractivity contribution in [2.24, 2.45) is 0 Å². The van der Waals surface area contributed by atoms with E-state index in [1.807, 2.05) is 12.1 Å². The van der Waals surface area contributed by atoms with Crippen LogP contribution in [-0.4, -0.2) is 13.2 Å². The van der Waals surface area contributed by atoms with Gasteiger partial charge in [-0.2, -0.15) is 0 Å². The molecule has 2 nitrogen and oxygen atoms in total. The highest BCUT2D eigenvalue weighted by molar-refractivity contribution is 7.99. The molecule has 2 aromatic rings. The van der Waals surface area contributed by atoms with Crippen LogP contribution in [0.2, 0.25) is 19.6 Å². The number of para-hydroxylation sites is 2. The number of fused-ring (bicyclic) bond motifs is 2. The SMILES string of the molecule is C[Si](C)(C)c1cccc2c1Oc1c(O)cccc1S2. The van der Waals surface area contributed by atoms with Crippen LogP contribution < -0.4 is 9.92 Å². The third-order valence-electron chi connectivity index (χ3n) is 3.17. The fraction of sp³-hybridized carbons (Fsp3) is 0.200. The first-order valence-electron chi connectivity index (χ1n) is 6.28. The van der Waals surface area contributed by atoms with E-state index in [0.29, 0.717) is 5.75 Å². The van der Waals surface area contributed by atoms with Gasteiger partial charge in [0.1, 0.15) is 5.75 Å². The Hall–Kier alpha value is -1.39. The van der Waals surface area contributed by atoms with E-state index in [-0.39, 0.29) is 5.75 Å². The van der Waals surface area contributed by atoms with Crippen molar-refractivity contribution in [1.29, 1.82) is 0 Å². The van der Waals surface area contributed by atoms with Crippen LogP contribution in [-0.2, 0) is 0 Å². The Labute approximate surface area is 118 Å². The Kier molecular flexibility index (Phi) is 2.87. The first-order chi connectivity index (χ1) is 8.97. The standard InChI is InChI=1S/C15H16O2SSi/c1-19(2,3)13-9-5-8-12-15(13)17-14-10(16)6-4-7-11(14)18-12/h4-9,16H,1-3H3. The van der Waals surface area contributed by atoms with Gasteiger partial charge in [-0.05, 0) is 23.4 Å². The van der Waals surface area contributed by atoms with E-state index in [4.69, 9.17) is 4.74 Å². The Morgan fingerprint density at radius 2 is 1.58 bits per heavy atom. The minimum atomic E-state index is -1.47. The van der Waals surface area contributed by atoms with Crippen molar-refractivity contribution < 1.29 is 9.84 Å². The Balaban J connectivity index is 2.16. The molecule has 0 amide bonds. The third-order valence-corrected chi connectivity index (χ3v) is 6.26. The summed E-state index contributed by atoms with van der Waals surface area (Å²) in [6.45, 7) is 6.91. The molecule has 0 saturated carbocycles. The van der Waals surface area contributed by atoms with Crippen LogP contribution >= 0.6 is 11.8 Å². The first-order valence-corrected chi connectivity index (χ1v) is 10.6. The number of aromatic hydroxyl groups is 1. The average Bonchev–Trinajstić information content (AvgIpc) is 2.35. The number of ether oxygens (including phenoxy) is 1. The molecule has 0 unspecified atom stereocenters. The van der Waals surface area contributed by atoms with Gasteiger partial charge in [-0.1, -0.05) is 49.6 Å². The van der Waals surface area contributed by atoms with E-state index < -0.39 is 8.07 Å². The molecule has 1 aliphatic rings. The van der Waals surface area contributed by atoms with Gasteiger partial charge in [0.05, 0.1) is 17.9 Å². The number of rotatable bonds is 1. The molecular formula is C15H16O2SSi. The summed E-state index contributed by atoms with van der Waals surface area (Å²) in [5.74, 6) is 1.73. The molecule has 2 aromatic carbocycles. The molecule has 0 aromatic heterocycles. The van der Waals surface area contributed by atoms with Gasteiger partial charge in [0.25, 0.3) is 0 Å². The molecule has 19 heavy (non-hydrogen) atoms. The van der Waals surface area contributed by atoms with Gasteiger partial charge in [-0.25, -0.2) is 0 Å². The molecule has 0 spiro atoms. The maximum Gasteiger partial charge on any atom is 0.182 e. The highest BCUT2D eigenvalue weighted by atomic mass is 32.2. The maximum absolute atomic E-state index is 9.95. The number of hydrogen-bond donors (Lipinski definition) is 1. The Morgan fingerprint density at radius 3 is 2.26 bits per heavy atom. The summed E-state index contributed by atoms with van der Waals surface area (Å²) in [6.07, 6.45) is 0. The largest absolute Gasteiger partial charge is 0.504 e. The predicted molar refractivity (Wildman–Crippen MR) is 81.7 cm³/mol. The molecule has 0 aliphatic carbocycles. The summed E-state index contributed by atoms with van der Waals surface area (Å²) in [7, 11) is -1.47. The zero-order chi connectivity index (χ0) is 13.6. The van der Waals surface area contributed by atoms with E-state index in [1.54, 1.807) is 17.8 Å². The molecule has 3 rings (SSSR count). The number of hydrogen-bond acceptors (Lipinski definition) is 3. The third kappa shape index (κ3) is 2.15. The quantitative estimate of drug-likeness (QED) is 0.681. The van der Waals surface area contributed by atoms with Crippen LogP contribution in [0.15, 0.2) is 46.2 Å². The van der Waals surface area contributed by atoms with E-state index >= 15 is 0 Å². The lowest BCUT2D eigenvalue weighted by Gasteiger charge is -2.27. The molecule has 0 saturated heterocycles. The summed E-state index contributed by atoms with van der Waals surface area (Å²) >= 11 is 1.66. The summed E-state index contributed by atoms with van der Waals surface area (Å²) < 4.78 is 6.03. The fourth-order valence-electron chi connectivity index (χ4n) is 2.20. The average molecular weight is 288 g/mol. The van der Waals surface area contributed by atoms with Gasteiger partial charge in [0.15, 0.2) is 11.5 Å². The molecule has 1 N–H and O–H groups in total. The molecule has 0 radical (unpaired) electrons. The number of phenols is 1. The van der Waals surface area contributed by atoms with Gasteiger partial charge < -0.3 is 9.84 Å². The molecule has 4 heteroatoms. The van der Waals surface area contributed by atoms with Crippen LogP contribution in [0.25, 0.3) is 0 Å². The highest BCUT2D eigenvalue weighted by Gasteiger charge is 2.28. The zero-order valence-corrected chi connectivity index (χ0v) is 13.0. The lowest BCUT2D eigenvalue weighted by atomic mass is 10.3. The highest BCUT2D eigenvalue weighted by Crippen LogP contribution is 2.49. The lowest BCUT2D eigenvalue weighted by Crippen LogP contribution is -2.38. The molecule has 1 heterocycles. The van der Waals surface area contributed by atoms with Gasteiger partial charge in [0, 0.05) is 0 Å². The topological polar surface area (TPSA) is 29.5 Å². The summed E-state index contributed by atoms with van der Waals surface area (Å²) in [6, 6.07) is 11.8. The second-order valence-corrected chi connectivity index (χ2v) is 11.8. The monoisotopic (exact) mass is 288 g/mol. The van der Waals surface area contributed by atoms with Gasteiger partial charge >= 0.3 is 0 Å². The lowest BCUT2D eigenvalue weighted by molar-refractivity contribution is 0.397. The van der Waals surface area contributed by atoms with E-state index in [9.17, 15) is 5.11 Å². The fourth-order valence-corrected chi connectivity index (χ4v) is 4.77. The zero-order valence-electron chi connectivity index (χ0n) is 11.2. The van der Waals surface area contributed by atoms with E-state index in [1.165, 1.54) is 5.19 Å². The van der Waals surface area contributed by atoms with Gasteiger partial charge in [-0.3, -0.25) is 0 Å². The van der Waals surface area contributed by atoms with Crippen molar-refractivity contribution in [1.82, 2.24) is 0 Å². The number of benzene rings is 2. The smallest absolute Gasteiger partial charge is 0.182 e. The molecule has 0 bridgehead atoms. The van der Waals surface area contributed by atoms with Crippen molar-refractivity contribution >= 4 is 25.0 Å². The van der Waals surface area contributed by atoms with Crippen molar-refractivity contribution in [3.8, 4) is 17.2 Å². The summed E-state index contributed by atoms with van der Waals surface area (Å²) in [5.41, 5.74) is 0. The molecule has 1 aliphatic heterocycles. The maximum atomic E-state index is 9.95. The Bertz CT molecular complexity index is 647.